The van der Waals surface area contributed by atoms with Gasteiger partial charge in [0.15, 0.2) is 5.65 Å². The summed E-state index contributed by atoms with van der Waals surface area (Å²) in [6.45, 7) is 7.44. The predicted molar refractivity (Wildman–Crippen MR) is 112 cm³/mol. The number of rotatable bonds is 6. The van der Waals surface area contributed by atoms with Gasteiger partial charge in [0.05, 0.1) is 17.8 Å². The largest absolute Gasteiger partial charge is 0.494 e. The summed E-state index contributed by atoms with van der Waals surface area (Å²) in [5, 5.41) is 14.0. The minimum atomic E-state index is 0.371. The number of benzene rings is 2. The van der Waals surface area contributed by atoms with Crippen LogP contribution in [-0.4, -0.2) is 32.1 Å². The van der Waals surface area contributed by atoms with E-state index in [0.717, 1.165) is 45.6 Å². The Hall–Kier alpha value is -3.48. The average molecular weight is 374 g/mol. The van der Waals surface area contributed by atoms with Crippen molar-refractivity contribution in [3.05, 3.63) is 54.1 Å². The zero-order valence-electron chi connectivity index (χ0n) is 16.2. The first kappa shape index (κ1) is 17.9. The Morgan fingerprint density at radius 2 is 1.86 bits per heavy atom. The molecule has 0 fully saturated rings. The molecular weight excluding hydrogens is 352 g/mol. The van der Waals surface area contributed by atoms with Gasteiger partial charge in [-0.15, -0.1) is 10.2 Å². The number of fused-ring (bicyclic) bond motifs is 3. The maximum Gasteiger partial charge on any atom is 0.265 e. The van der Waals surface area contributed by atoms with Crippen LogP contribution < -0.4 is 10.2 Å². The van der Waals surface area contributed by atoms with Gasteiger partial charge in [-0.05, 0) is 56.7 Å². The molecule has 0 saturated carbocycles. The Balaban J connectivity index is 1.62. The van der Waals surface area contributed by atoms with Gasteiger partial charge in [0.2, 0.25) is 0 Å². The molecular formula is C21H22N6O. The minimum absolute atomic E-state index is 0.371. The number of para-hydroxylation sites is 1. The van der Waals surface area contributed by atoms with Gasteiger partial charge in [-0.3, -0.25) is 0 Å². The molecule has 4 rings (SSSR count). The first-order valence-electron chi connectivity index (χ1n) is 9.36. The van der Waals surface area contributed by atoms with Gasteiger partial charge in [-0.1, -0.05) is 18.2 Å². The van der Waals surface area contributed by atoms with Gasteiger partial charge in [-0.25, -0.2) is 5.43 Å². The van der Waals surface area contributed by atoms with Crippen molar-refractivity contribution in [3.63, 3.8) is 0 Å². The molecule has 7 nitrogen and oxygen atoms in total. The van der Waals surface area contributed by atoms with Crippen molar-refractivity contribution in [3.8, 4) is 5.75 Å². The summed E-state index contributed by atoms with van der Waals surface area (Å²) in [4.78, 5) is 4.64. The monoisotopic (exact) mass is 374 g/mol. The number of nitrogens with one attached hydrogen (secondary N) is 1. The van der Waals surface area contributed by atoms with E-state index in [1.54, 1.807) is 0 Å². The van der Waals surface area contributed by atoms with E-state index in [0.29, 0.717) is 12.6 Å². The summed E-state index contributed by atoms with van der Waals surface area (Å²) in [6, 6.07) is 15.9. The Bertz CT molecular complexity index is 1150. The molecule has 1 N–H and O–H groups in total. The summed E-state index contributed by atoms with van der Waals surface area (Å²) >= 11 is 0. The first-order chi connectivity index (χ1) is 13.7. The third-order valence-electron chi connectivity index (χ3n) is 4.60. The highest BCUT2D eigenvalue weighted by Crippen LogP contribution is 2.26. The van der Waals surface area contributed by atoms with E-state index in [2.05, 4.69) is 43.3 Å². The van der Waals surface area contributed by atoms with Crippen LogP contribution in [0.2, 0.25) is 0 Å². The van der Waals surface area contributed by atoms with Crippen molar-refractivity contribution in [2.75, 3.05) is 12.0 Å². The van der Waals surface area contributed by atoms with Crippen LogP contribution in [0.25, 0.3) is 22.1 Å². The van der Waals surface area contributed by atoms with Crippen LogP contribution in [0.5, 0.6) is 5.75 Å². The van der Waals surface area contributed by atoms with Crippen LogP contribution in [0, 0.1) is 0 Å². The summed E-state index contributed by atoms with van der Waals surface area (Å²) in [7, 11) is 0. The summed E-state index contributed by atoms with van der Waals surface area (Å²) in [5.41, 5.74) is 7.45. The van der Waals surface area contributed by atoms with E-state index < -0.39 is 0 Å². The molecule has 0 bridgehead atoms. The molecule has 0 saturated heterocycles. The Morgan fingerprint density at radius 3 is 2.61 bits per heavy atom. The second-order valence-electron chi connectivity index (χ2n) is 6.34. The van der Waals surface area contributed by atoms with Crippen LogP contribution in [0.15, 0.2) is 53.6 Å². The fourth-order valence-electron chi connectivity index (χ4n) is 3.23. The molecule has 0 aliphatic rings. The minimum Gasteiger partial charge on any atom is -0.494 e. The van der Waals surface area contributed by atoms with Gasteiger partial charge in [0.1, 0.15) is 11.3 Å². The lowest BCUT2D eigenvalue weighted by atomic mass is 10.1. The van der Waals surface area contributed by atoms with Crippen LogP contribution in [0.3, 0.4) is 0 Å². The van der Waals surface area contributed by atoms with E-state index in [1.807, 2.05) is 56.3 Å². The quantitative estimate of drug-likeness (QED) is 0.404. The van der Waals surface area contributed by atoms with E-state index in [1.165, 1.54) is 0 Å². The molecule has 4 aromatic rings. The third-order valence-corrected chi connectivity index (χ3v) is 4.60. The number of anilines is 1. The second-order valence-corrected chi connectivity index (χ2v) is 6.34. The Labute approximate surface area is 163 Å². The highest BCUT2D eigenvalue weighted by atomic mass is 16.5. The summed E-state index contributed by atoms with van der Waals surface area (Å²) in [6.07, 6.45) is 0. The zero-order valence-corrected chi connectivity index (χ0v) is 16.2. The van der Waals surface area contributed by atoms with Crippen molar-refractivity contribution in [1.82, 2.24) is 19.7 Å². The third kappa shape index (κ3) is 3.26. The number of aryl methyl sites for hydroxylation is 1. The van der Waals surface area contributed by atoms with Gasteiger partial charge in [0, 0.05) is 11.9 Å². The lowest BCUT2D eigenvalue weighted by molar-refractivity contribution is 0.340. The molecule has 142 valence electrons. The van der Waals surface area contributed by atoms with E-state index in [4.69, 9.17) is 4.74 Å². The van der Waals surface area contributed by atoms with Crippen LogP contribution in [0.4, 0.5) is 5.95 Å². The SMILES string of the molecule is CCOc1ccc(C(C)=NNc2nnc3c4ccccc4n(CC)c3n2)cc1. The number of hydrogen-bond donors (Lipinski definition) is 1. The molecule has 0 atom stereocenters. The molecule has 2 heterocycles. The van der Waals surface area contributed by atoms with E-state index >= 15 is 0 Å². The van der Waals surface area contributed by atoms with Gasteiger partial charge >= 0.3 is 0 Å². The number of hydrazone groups is 1. The molecule has 28 heavy (non-hydrogen) atoms. The number of hydrogen-bond acceptors (Lipinski definition) is 6. The van der Waals surface area contributed by atoms with Crippen molar-refractivity contribution >= 4 is 33.7 Å². The van der Waals surface area contributed by atoms with Crippen LogP contribution in [-0.2, 0) is 6.54 Å². The maximum atomic E-state index is 5.47. The lowest BCUT2D eigenvalue weighted by Crippen LogP contribution is -2.05. The Kier molecular flexibility index (Phi) is 4.89. The first-order valence-corrected chi connectivity index (χ1v) is 9.36. The normalized spacial score (nSPS) is 11.9. The number of ether oxygens (including phenoxy) is 1. The van der Waals surface area contributed by atoms with Crippen molar-refractivity contribution in [2.45, 2.75) is 27.3 Å². The predicted octanol–water partition coefficient (Wildman–Crippen LogP) is 4.23. The van der Waals surface area contributed by atoms with Crippen molar-refractivity contribution in [2.24, 2.45) is 5.10 Å². The highest BCUT2D eigenvalue weighted by Gasteiger charge is 2.13. The van der Waals surface area contributed by atoms with E-state index in [-0.39, 0.29) is 0 Å². The maximum absolute atomic E-state index is 5.47. The fraction of sp³-hybridized carbons (Fsp3) is 0.238. The molecule has 2 aromatic carbocycles. The molecule has 0 unspecified atom stereocenters. The van der Waals surface area contributed by atoms with Gasteiger partial charge < -0.3 is 9.30 Å². The fourth-order valence-corrected chi connectivity index (χ4v) is 3.23. The molecule has 7 heteroatoms. The summed E-state index contributed by atoms with van der Waals surface area (Å²) in [5.74, 6) is 1.22. The van der Waals surface area contributed by atoms with Crippen LogP contribution >= 0.6 is 0 Å². The summed E-state index contributed by atoms with van der Waals surface area (Å²) < 4.78 is 7.60. The van der Waals surface area contributed by atoms with Crippen molar-refractivity contribution in [1.29, 1.82) is 0 Å². The Morgan fingerprint density at radius 1 is 1.07 bits per heavy atom. The molecule has 0 amide bonds. The number of aromatic nitrogens is 4. The molecule has 0 spiro atoms. The average Bonchev–Trinajstić information content (AvgIpc) is 3.05. The highest BCUT2D eigenvalue weighted by molar-refractivity contribution is 6.04. The second kappa shape index (κ2) is 7.64. The molecule has 0 radical (unpaired) electrons. The van der Waals surface area contributed by atoms with Gasteiger partial charge in [0.25, 0.3) is 5.95 Å². The standard InChI is InChI=1S/C21H22N6O/c1-4-27-18-9-7-6-8-17(18)19-20(27)22-21(26-24-19)25-23-14(3)15-10-12-16(13-11-15)28-5-2/h6-13H,4-5H2,1-3H3,(H,22,25,26). The molecule has 0 aliphatic heterocycles. The lowest BCUT2D eigenvalue weighted by Gasteiger charge is -2.06. The topological polar surface area (TPSA) is 77.2 Å². The smallest absolute Gasteiger partial charge is 0.265 e. The molecule has 0 aliphatic carbocycles. The molecule has 2 aromatic heterocycles. The van der Waals surface area contributed by atoms with Crippen LogP contribution in [0.1, 0.15) is 26.3 Å². The van der Waals surface area contributed by atoms with E-state index in [9.17, 15) is 0 Å². The van der Waals surface area contributed by atoms with Crippen molar-refractivity contribution < 1.29 is 4.74 Å². The van der Waals surface area contributed by atoms with Gasteiger partial charge in [-0.2, -0.15) is 10.1 Å². The number of nitrogens with zero attached hydrogens (tertiary/aromatic N) is 5. The zero-order chi connectivity index (χ0) is 19.5.